The molecule has 3 heteroatoms. The van der Waals surface area contributed by atoms with Crippen molar-refractivity contribution < 1.29 is 14.5 Å². The third kappa shape index (κ3) is 3.64. The normalized spacial score (nSPS) is 11.8. The van der Waals surface area contributed by atoms with Crippen molar-refractivity contribution in [1.82, 2.24) is 0 Å². The minimum absolute atomic E-state index is 0.301. The zero-order valence-electron chi connectivity index (χ0n) is 14.2. The minimum atomic E-state index is -0.615. The van der Waals surface area contributed by atoms with Gasteiger partial charge < -0.3 is 0 Å². The molecule has 1 atom stereocenters. The van der Waals surface area contributed by atoms with Gasteiger partial charge in [0.15, 0.2) is 0 Å². The summed E-state index contributed by atoms with van der Waals surface area (Å²) in [6, 6.07) is 19.8. The molecule has 3 aromatic carbocycles. The summed E-state index contributed by atoms with van der Waals surface area (Å²) in [5.74, 6) is -0.301. The molecular weight excluding hydrogens is 327 g/mol. The molecule has 1 unspecified atom stereocenters. The number of hydrogen-bond donors (Lipinski definition) is 1. The zero-order chi connectivity index (χ0) is 18.5. The van der Waals surface area contributed by atoms with Gasteiger partial charge in [0.05, 0.1) is 0 Å². The molecule has 2 nitrogen and oxygen atoms in total. The van der Waals surface area contributed by atoms with Gasteiger partial charge in [-0.05, 0) is 33.9 Å². The van der Waals surface area contributed by atoms with Gasteiger partial charge in [-0.2, -0.15) is 0 Å². The number of halogens is 1. The standard InChI is InChI=1S/C23H19FO2/c1-3-16-5-8-19(9-6-16)23(26-25)20-12-10-18(11-13-20)21-14-7-17(4-2)15-22(21)24/h3-15,23,25H,1-2H2. The van der Waals surface area contributed by atoms with Crippen LogP contribution in [-0.4, -0.2) is 5.26 Å². The van der Waals surface area contributed by atoms with Crippen LogP contribution in [0.5, 0.6) is 0 Å². The molecule has 0 aromatic heterocycles. The average Bonchev–Trinajstić information content (AvgIpc) is 2.69. The predicted molar refractivity (Wildman–Crippen MR) is 104 cm³/mol. The fraction of sp³-hybridized carbons (Fsp3) is 0.0435. The van der Waals surface area contributed by atoms with Gasteiger partial charge in [0.1, 0.15) is 11.9 Å². The Labute approximate surface area is 152 Å². The maximum atomic E-state index is 14.3. The van der Waals surface area contributed by atoms with Gasteiger partial charge in [-0.3, -0.25) is 5.26 Å². The molecule has 0 aliphatic heterocycles. The van der Waals surface area contributed by atoms with Crippen molar-refractivity contribution in [2.75, 3.05) is 0 Å². The van der Waals surface area contributed by atoms with E-state index in [0.717, 1.165) is 27.8 Å². The van der Waals surface area contributed by atoms with Gasteiger partial charge >= 0.3 is 0 Å². The van der Waals surface area contributed by atoms with Gasteiger partial charge in [0, 0.05) is 5.56 Å². The predicted octanol–water partition coefficient (Wildman–Crippen LogP) is 6.36. The molecule has 0 saturated heterocycles. The van der Waals surface area contributed by atoms with E-state index in [4.69, 9.17) is 0 Å². The monoisotopic (exact) mass is 346 g/mol. The lowest BCUT2D eigenvalue weighted by molar-refractivity contribution is -0.270. The lowest BCUT2D eigenvalue weighted by Gasteiger charge is -2.15. The summed E-state index contributed by atoms with van der Waals surface area (Å²) in [5, 5.41) is 9.36. The highest BCUT2D eigenvalue weighted by Gasteiger charge is 2.15. The molecule has 3 rings (SSSR count). The fourth-order valence-corrected chi connectivity index (χ4v) is 2.85. The average molecular weight is 346 g/mol. The quantitative estimate of drug-likeness (QED) is 0.416. The number of rotatable bonds is 6. The lowest BCUT2D eigenvalue weighted by Crippen LogP contribution is -2.03. The minimum Gasteiger partial charge on any atom is -0.251 e. The zero-order valence-corrected chi connectivity index (χ0v) is 14.2. The molecule has 3 aromatic rings. The smallest absolute Gasteiger partial charge is 0.143 e. The van der Waals surface area contributed by atoms with Crippen LogP contribution in [0.15, 0.2) is 79.9 Å². The molecule has 0 radical (unpaired) electrons. The summed E-state index contributed by atoms with van der Waals surface area (Å²) in [4.78, 5) is 4.68. The molecular formula is C23H19FO2. The summed E-state index contributed by atoms with van der Waals surface area (Å²) in [6.07, 6.45) is 2.74. The third-order valence-corrected chi connectivity index (χ3v) is 4.33. The summed E-state index contributed by atoms with van der Waals surface area (Å²) < 4.78 is 14.3. The van der Waals surface area contributed by atoms with E-state index in [1.165, 1.54) is 6.07 Å². The van der Waals surface area contributed by atoms with E-state index in [0.29, 0.717) is 5.56 Å². The Morgan fingerprint density at radius 1 is 0.808 bits per heavy atom. The van der Waals surface area contributed by atoms with Crippen LogP contribution in [0, 0.1) is 5.82 Å². The summed E-state index contributed by atoms with van der Waals surface area (Å²) in [7, 11) is 0. The highest BCUT2D eigenvalue weighted by Crippen LogP contribution is 2.29. The lowest BCUT2D eigenvalue weighted by atomic mass is 9.97. The van der Waals surface area contributed by atoms with Crippen LogP contribution >= 0.6 is 0 Å². The Hall–Kier alpha value is -3.01. The van der Waals surface area contributed by atoms with Crippen LogP contribution in [0.4, 0.5) is 4.39 Å². The Kier molecular flexibility index (Phi) is 5.42. The Balaban J connectivity index is 1.89. The van der Waals surface area contributed by atoms with E-state index >= 15 is 0 Å². The molecule has 0 fully saturated rings. The highest BCUT2D eigenvalue weighted by atomic mass is 19.1. The Morgan fingerprint density at radius 3 is 1.85 bits per heavy atom. The van der Waals surface area contributed by atoms with Crippen LogP contribution in [0.1, 0.15) is 28.4 Å². The Bertz CT molecular complexity index is 912. The van der Waals surface area contributed by atoms with Crippen molar-refractivity contribution >= 4 is 12.2 Å². The second-order valence-corrected chi connectivity index (χ2v) is 5.92. The van der Waals surface area contributed by atoms with Gasteiger partial charge in [-0.25, -0.2) is 9.28 Å². The van der Waals surface area contributed by atoms with Crippen molar-refractivity contribution in [2.24, 2.45) is 0 Å². The maximum absolute atomic E-state index is 14.3. The van der Waals surface area contributed by atoms with Crippen molar-refractivity contribution in [3.8, 4) is 11.1 Å². The van der Waals surface area contributed by atoms with Crippen LogP contribution in [0.25, 0.3) is 23.3 Å². The van der Waals surface area contributed by atoms with Crippen LogP contribution < -0.4 is 0 Å². The topological polar surface area (TPSA) is 29.5 Å². The molecule has 0 heterocycles. The van der Waals surface area contributed by atoms with E-state index in [2.05, 4.69) is 18.0 Å². The van der Waals surface area contributed by atoms with Gasteiger partial charge in [-0.15, -0.1) is 0 Å². The molecule has 0 saturated carbocycles. The first-order chi connectivity index (χ1) is 12.7. The van der Waals surface area contributed by atoms with Crippen molar-refractivity contribution in [2.45, 2.75) is 6.10 Å². The van der Waals surface area contributed by atoms with Crippen molar-refractivity contribution in [3.05, 3.63) is 108 Å². The molecule has 26 heavy (non-hydrogen) atoms. The van der Waals surface area contributed by atoms with E-state index in [1.807, 2.05) is 54.6 Å². The van der Waals surface area contributed by atoms with Crippen molar-refractivity contribution in [1.29, 1.82) is 0 Å². The van der Waals surface area contributed by atoms with Gasteiger partial charge in [-0.1, -0.05) is 86.0 Å². The highest BCUT2D eigenvalue weighted by molar-refractivity contribution is 5.66. The van der Waals surface area contributed by atoms with E-state index < -0.39 is 6.10 Å². The fourth-order valence-electron chi connectivity index (χ4n) is 2.85. The Morgan fingerprint density at radius 2 is 1.35 bits per heavy atom. The summed E-state index contributed by atoms with van der Waals surface area (Å²) in [5.41, 5.74) is 4.57. The molecule has 0 bridgehead atoms. The second kappa shape index (κ2) is 7.91. The van der Waals surface area contributed by atoms with Crippen LogP contribution in [-0.2, 0) is 4.89 Å². The van der Waals surface area contributed by atoms with Crippen molar-refractivity contribution in [3.63, 3.8) is 0 Å². The van der Waals surface area contributed by atoms with Crippen LogP contribution in [0.2, 0.25) is 0 Å². The van der Waals surface area contributed by atoms with E-state index in [-0.39, 0.29) is 5.82 Å². The number of benzene rings is 3. The molecule has 130 valence electrons. The number of hydrogen-bond acceptors (Lipinski definition) is 2. The first-order valence-electron chi connectivity index (χ1n) is 8.21. The molecule has 0 aliphatic rings. The molecule has 0 amide bonds. The second-order valence-electron chi connectivity index (χ2n) is 5.92. The van der Waals surface area contributed by atoms with Crippen LogP contribution in [0.3, 0.4) is 0 Å². The SMILES string of the molecule is C=Cc1ccc(C(OO)c2ccc(-c3ccc(C=C)cc3F)cc2)cc1. The van der Waals surface area contributed by atoms with E-state index in [9.17, 15) is 9.65 Å². The summed E-state index contributed by atoms with van der Waals surface area (Å²) >= 11 is 0. The largest absolute Gasteiger partial charge is 0.251 e. The third-order valence-electron chi connectivity index (χ3n) is 4.33. The maximum Gasteiger partial charge on any atom is 0.143 e. The molecule has 1 N–H and O–H groups in total. The first kappa shape index (κ1) is 17.8. The molecule has 0 spiro atoms. The van der Waals surface area contributed by atoms with Gasteiger partial charge in [0.25, 0.3) is 0 Å². The molecule has 0 aliphatic carbocycles. The first-order valence-corrected chi connectivity index (χ1v) is 8.21. The van der Waals surface area contributed by atoms with Gasteiger partial charge in [0.2, 0.25) is 0 Å². The van der Waals surface area contributed by atoms with E-state index in [1.54, 1.807) is 18.2 Å². The summed E-state index contributed by atoms with van der Waals surface area (Å²) in [6.45, 7) is 7.37.